The third kappa shape index (κ3) is 7.08. The number of amides is 4. The molecule has 0 bridgehead atoms. The number of allylic oxidation sites excluding steroid dienone is 1. The first kappa shape index (κ1) is 35.8. The van der Waals surface area contributed by atoms with Crippen LogP contribution in [-0.2, 0) is 24.4 Å². The van der Waals surface area contributed by atoms with Gasteiger partial charge in [-0.2, -0.15) is 0 Å². The molecule has 0 radical (unpaired) electrons. The molecule has 16 heteroatoms. The van der Waals surface area contributed by atoms with Crippen molar-refractivity contribution in [1.29, 1.82) is 0 Å². The van der Waals surface area contributed by atoms with E-state index in [-0.39, 0.29) is 37.1 Å². The van der Waals surface area contributed by atoms with Gasteiger partial charge in [-0.05, 0) is 68.6 Å². The van der Waals surface area contributed by atoms with Gasteiger partial charge in [0.05, 0.1) is 11.8 Å². The van der Waals surface area contributed by atoms with Crippen molar-refractivity contribution in [2.24, 2.45) is 17.8 Å². The van der Waals surface area contributed by atoms with Crippen molar-refractivity contribution in [2.75, 3.05) is 19.8 Å². The highest BCUT2D eigenvalue weighted by molar-refractivity contribution is 7.91. The fourth-order valence-corrected chi connectivity index (χ4v) is 9.20. The predicted octanol–water partition coefficient (Wildman–Crippen LogP) is 2.88. The lowest BCUT2D eigenvalue weighted by Crippen LogP contribution is -2.59. The lowest BCUT2D eigenvalue weighted by atomic mass is 9.85. The summed E-state index contributed by atoms with van der Waals surface area (Å²) < 4.78 is 45.9. The van der Waals surface area contributed by atoms with E-state index in [2.05, 4.69) is 20.3 Å². The first-order chi connectivity index (χ1) is 24.9. The van der Waals surface area contributed by atoms with Gasteiger partial charge in [0.2, 0.25) is 27.7 Å². The van der Waals surface area contributed by atoms with Crippen molar-refractivity contribution in [3.8, 4) is 17.4 Å². The Morgan fingerprint density at radius 2 is 1.90 bits per heavy atom. The van der Waals surface area contributed by atoms with E-state index in [0.29, 0.717) is 62.2 Å². The van der Waals surface area contributed by atoms with Crippen LogP contribution in [0.1, 0.15) is 65.2 Å². The minimum atomic E-state index is -3.91. The molecule has 1 aromatic carbocycles. The highest BCUT2D eigenvalue weighted by Gasteiger charge is 2.62. The van der Waals surface area contributed by atoms with Crippen LogP contribution < -0.4 is 29.6 Å². The molecule has 7 atom stereocenters. The van der Waals surface area contributed by atoms with Gasteiger partial charge in [-0.25, -0.2) is 18.2 Å². The van der Waals surface area contributed by atoms with Gasteiger partial charge in [0.15, 0.2) is 11.5 Å². The van der Waals surface area contributed by atoms with Gasteiger partial charge in [-0.15, -0.1) is 0 Å². The van der Waals surface area contributed by atoms with Crippen LogP contribution in [0, 0.1) is 17.8 Å². The summed E-state index contributed by atoms with van der Waals surface area (Å²) in [6.07, 6.45) is 6.85. The third-order valence-corrected chi connectivity index (χ3v) is 12.8. The molecule has 4 amide bonds. The monoisotopic (exact) mass is 739 g/mol. The van der Waals surface area contributed by atoms with Crippen molar-refractivity contribution in [3.05, 3.63) is 36.5 Å². The average Bonchev–Trinajstić information content (AvgIpc) is 4.04. The zero-order valence-electron chi connectivity index (χ0n) is 29.2. The van der Waals surface area contributed by atoms with E-state index in [0.717, 1.165) is 11.8 Å². The molecule has 0 spiro atoms. The lowest BCUT2D eigenvalue weighted by molar-refractivity contribution is -0.142. The number of ether oxygens (including phenoxy) is 3. The van der Waals surface area contributed by atoms with E-state index in [4.69, 9.17) is 14.2 Å². The third-order valence-electron chi connectivity index (χ3n) is 10.9. The largest absolute Gasteiger partial charge is 0.486 e. The maximum absolute atomic E-state index is 14.5. The minimum Gasteiger partial charge on any atom is -0.486 e. The normalized spacial score (nSPS) is 31.2. The van der Waals surface area contributed by atoms with Gasteiger partial charge in [-0.1, -0.05) is 32.4 Å². The van der Waals surface area contributed by atoms with Crippen molar-refractivity contribution in [2.45, 2.75) is 94.2 Å². The van der Waals surface area contributed by atoms with Crippen molar-refractivity contribution in [1.82, 2.24) is 25.2 Å². The minimum absolute atomic E-state index is 0.00571. The van der Waals surface area contributed by atoms with Crippen LogP contribution in [0.4, 0.5) is 4.79 Å². The maximum Gasteiger partial charge on any atom is 0.405 e. The molecular formula is C36H45N5O10S. The molecule has 0 unspecified atom stereocenters. The van der Waals surface area contributed by atoms with Gasteiger partial charge < -0.3 is 34.9 Å². The first-order valence-electron chi connectivity index (χ1n) is 18.1. The van der Waals surface area contributed by atoms with E-state index in [1.165, 1.54) is 4.90 Å². The standard InChI is InChI=1S/C36H45N5O10S/c1-3-21-16-20(2)6-4-5-7-22-18-36(22,34(44)40-52(47,48)24-8-9-24)39-31(42)27-17-23(19-41(27)33(43)29(21)38-35(45)46)51-32-26-10-11-28-30(50-15-14-49-28)25(26)12-13-37-32/h5,7,10-13,20-24,27,29,38H,3-4,6,8-9,14-19H2,1-2H3,(H,39,42)(H,40,44)(H,45,46)/b7-5-/t20-,21-,22-,23-,27+,29+,36-/m1/s1. The molecule has 3 aliphatic heterocycles. The molecule has 280 valence electrons. The highest BCUT2D eigenvalue weighted by Crippen LogP contribution is 2.46. The Bertz CT molecular complexity index is 1900. The number of hydrogen-bond donors (Lipinski definition) is 4. The zero-order chi connectivity index (χ0) is 36.8. The number of nitrogens with one attached hydrogen (secondary N) is 3. The first-order valence-corrected chi connectivity index (χ1v) is 19.6. The predicted molar refractivity (Wildman–Crippen MR) is 187 cm³/mol. The van der Waals surface area contributed by atoms with Crippen molar-refractivity contribution >= 4 is 44.6 Å². The molecule has 1 saturated heterocycles. The fourth-order valence-electron chi connectivity index (χ4n) is 7.84. The molecule has 15 nitrogen and oxygen atoms in total. The fraction of sp³-hybridized carbons (Fsp3) is 0.583. The number of fused-ring (bicyclic) bond motifs is 5. The van der Waals surface area contributed by atoms with Gasteiger partial charge >= 0.3 is 6.09 Å². The summed E-state index contributed by atoms with van der Waals surface area (Å²) in [5.41, 5.74) is -1.53. The number of carboxylic acid groups (broad SMARTS) is 1. The summed E-state index contributed by atoms with van der Waals surface area (Å²) in [5.74, 6) is -1.32. The lowest BCUT2D eigenvalue weighted by Gasteiger charge is -2.33. The van der Waals surface area contributed by atoms with Gasteiger partial charge in [0, 0.05) is 29.3 Å². The molecule has 7 rings (SSSR count). The van der Waals surface area contributed by atoms with Crippen LogP contribution in [0.3, 0.4) is 0 Å². The van der Waals surface area contributed by atoms with Gasteiger partial charge in [0.25, 0.3) is 5.91 Å². The number of aromatic nitrogens is 1. The second-order valence-corrected chi connectivity index (χ2v) is 16.6. The summed E-state index contributed by atoms with van der Waals surface area (Å²) in [6, 6.07) is 3.05. The molecule has 1 aromatic heterocycles. The van der Waals surface area contributed by atoms with E-state index in [1.54, 1.807) is 24.4 Å². The van der Waals surface area contributed by atoms with E-state index < -0.39 is 68.7 Å². The van der Waals surface area contributed by atoms with Crippen LogP contribution >= 0.6 is 0 Å². The summed E-state index contributed by atoms with van der Waals surface area (Å²) >= 11 is 0. The molecule has 3 fully saturated rings. The Labute approximate surface area is 301 Å². The highest BCUT2D eigenvalue weighted by atomic mass is 32.2. The van der Waals surface area contributed by atoms with Crippen molar-refractivity contribution in [3.63, 3.8) is 0 Å². The number of hydrogen-bond acceptors (Lipinski definition) is 10. The molecule has 52 heavy (non-hydrogen) atoms. The van der Waals surface area contributed by atoms with Gasteiger partial charge in [-0.3, -0.25) is 19.1 Å². The molecule has 5 aliphatic rings. The van der Waals surface area contributed by atoms with E-state index in [9.17, 15) is 32.7 Å². The van der Waals surface area contributed by atoms with Crippen LogP contribution in [0.25, 0.3) is 10.8 Å². The van der Waals surface area contributed by atoms with Crippen LogP contribution in [0.15, 0.2) is 36.5 Å². The number of rotatable bonds is 7. The number of benzene rings is 1. The van der Waals surface area contributed by atoms with E-state index >= 15 is 0 Å². The quantitative estimate of drug-likeness (QED) is 0.304. The smallest absolute Gasteiger partial charge is 0.405 e. The molecule has 4 heterocycles. The molecule has 2 saturated carbocycles. The summed E-state index contributed by atoms with van der Waals surface area (Å²) in [7, 11) is -3.91. The van der Waals surface area contributed by atoms with Crippen molar-refractivity contribution < 1.29 is 46.9 Å². The maximum atomic E-state index is 14.5. The number of carbonyl (C=O) groups is 4. The van der Waals surface area contributed by atoms with Crippen LogP contribution in [0.2, 0.25) is 0 Å². The number of pyridine rings is 1. The second-order valence-electron chi connectivity index (χ2n) is 14.7. The summed E-state index contributed by atoms with van der Waals surface area (Å²) in [6.45, 7) is 4.69. The Balaban J connectivity index is 1.22. The molecule has 2 aromatic rings. The Morgan fingerprint density at radius 1 is 1.12 bits per heavy atom. The van der Waals surface area contributed by atoms with Crippen LogP contribution in [0.5, 0.6) is 17.4 Å². The topological polar surface area (TPSA) is 203 Å². The number of carbonyl (C=O) groups excluding carboxylic acids is 3. The summed E-state index contributed by atoms with van der Waals surface area (Å²) in [4.78, 5) is 60.4. The number of sulfonamides is 1. The Kier molecular flexibility index (Phi) is 9.69. The molecular weight excluding hydrogens is 694 g/mol. The summed E-state index contributed by atoms with van der Waals surface area (Å²) in [5, 5.41) is 15.9. The van der Waals surface area contributed by atoms with Gasteiger partial charge in [0.1, 0.15) is 36.9 Å². The molecule has 4 N–H and O–H groups in total. The Morgan fingerprint density at radius 3 is 2.65 bits per heavy atom. The van der Waals surface area contributed by atoms with Crippen LogP contribution in [-0.4, -0.2) is 96.0 Å². The van der Waals surface area contributed by atoms with E-state index in [1.807, 2.05) is 26.0 Å². The second kappa shape index (κ2) is 14.1. The molecule has 2 aliphatic carbocycles. The number of nitrogens with zero attached hydrogens (tertiary/aromatic N) is 2. The SMILES string of the molecule is CC[C@@H]1C[C@H](C)CC/C=C\[C@@H]2C[C@@]2(C(=O)NS(=O)(=O)C2CC2)NC(=O)[C@@H]2C[C@@H](Oc3nccc4c5c(ccc34)OCCO5)CN2C(=O)[C@H]1NC(=O)O. The average molecular weight is 740 g/mol. The zero-order valence-corrected chi connectivity index (χ0v) is 30.0. The Hall–Kier alpha value is -4.60.